The number of aliphatic carboxylic acids is 1. The van der Waals surface area contributed by atoms with E-state index in [1.165, 1.54) is 0 Å². The molecule has 0 aromatic heterocycles. The summed E-state index contributed by atoms with van der Waals surface area (Å²) in [6.07, 6.45) is -5.97. The van der Waals surface area contributed by atoms with Gasteiger partial charge in [-0.05, 0) is 75.1 Å². The summed E-state index contributed by atoms with van der Waals surface area (Å²) >= 11 is 0. The van der Waals surface area contributed by atoms with Crippen molar-refractivity contribution in [3.8, 4) is 0 Å². The van der Waals surface area contributed by atoms with Gasteiger partial charge in [-0.25, -0.2) is 4.79 Å². The van der Waals surface area contributed by atoms with Gasteiger partial charge in [0, 0.05) is 38.3 Å². The van der Waals surface area contributed by atoms with Gasteiger partial charge in [-0.3, -0.25) is 4.79 Å². The minimum Gasteiger partial charge on any atom is -0.481 e. The molecule has 2 aliphatic rings. The van der Waals surface area contributed by atoms with Crippen LogP contribution in [0, 0.1) is 11.8 Å². The van der Waals surface area contributed by atoms with Gasteiger partial charge in [0.1, 0.15) is 0 Å². The third-order valence-electron chi connectivity index (χ3n) is 7.70. The fourth-order valence-electron chi connectivity index (χ4n) is 5.50. The third-order valence-corrected chi connectivity index (χ3v) is 7.70. The summed E-state index contributed by atoms with van der Waals surface area (Å²) in [5.74, 6) is -0.904. The summed E-state index contributed by atoms with van der Waals surface area (Å²) in [4.78, 5) is 28.1. The molecule has 2 amide bonds. The van der Waals surface area contributed by atoms with E-state index in [1.807, 2.05) is 13.8 Å². The van der Waals surface area contributed by atoms with Gasteiger partial charge in [0.25, 0.3) is 0 Å². The Labute approximate surface area is 218 Å². The number of carbonyl (C=O) groups is 2. The van der Waals surface area contributed by atoms with Crippen LogP contribution in [-0.2, 0) is 23.7 Å². The van der Waals surface area contributed by atoms with Crippen LogP contribution < -0.4 is 5.32 Å². The van der Waals surface area contributed by atoms with Crippen LogP contribution >= 0.6 is 0 Å². The maximum atomic E-state index is 13.4. The summed E-state index contributed by atoms with van der Waals surface area (Å²) in [5, 5.41) is 12.3. The van der Waals surface area contributed by atoms with Crippen molar-refractivity contribution < 1.29 is 41.0 Å². The lowest BCUT2D eigenvalue weighted by Gasteiger charge is -2.35. The molecule has 12 heteroatoms. The van der Waals surface area contributed by atoms with Gasteiger partial charge in [-0.15, -0.1) is 0 Å². The molecule has 2 fully saturated rings. The molecule has 1 saturated heterocycles. The van der Waals surface area contributed by atoms with Gasteiger partial charge < -0.3 is 20.2 Å². The zero-order chi connectivity index (χ0) is 28.3. The van der Waals surface area contributed by atoms with Crippen molar-refractivity contribution in [1.29, 1.82) is 0 Å². The van der Waals surface area contributed by atoms with E-state index in [2.05, 4.69) is 5.32 Å². The van der Waals surface area contributed by atoms with E-state index < -0.39 is 29.4 Å². The number of hydrogen-bond donors (Lipinski definition) is 2. The highest BCUT2D eigenvalue weighted by atomic mass is 19.4. The summed E-state index contributed by atoms with van der Waals surface area (Å²) in [6.45, 7) is 4.91. The van der Waals surface area contributed by atoms with E-state index in [4.69, 9.17) is 0 Å². The SMILES string of the molecule is CC[C@@H]1C[C@H](NCc2cc(C(F)(F)F)cc(C(F)(F)F)c2)CN1C(=O)N(CC)CC1CCC(C(=O)O)CC1. The lowest BCUT2D eigenvalue weighted by molar-refractivity contribution is -0.144. The maximum Gasteiger partial charge on any atom is 0.416 e. The fraction of sp³-hybridized carbons (Fsp3) is 0.692. The largest absolute Gasteiger partial charge is 0.481 e. The van der Waals surface area contributed by atoms with Crippen LogP contribution in [0.3, 0.4) is 0 Å². The van der Waals surface area contributed by atoms with E-state index >= 15 is 0 Å². The third kappa shape index (κ3) is 7.54. The van der Waals surface area contributed by atoms with Crippen molar-refractivity contribution in [3.63, 3.8) is 0 Å². The Kier molecular flexibility index (Phi) is 9.59. The fourth-order valence-corrected chi connectivity index (χ4v) is 5.50. The molecule has 38 heavy (non-hydrogen) atoms. The van der Waals surface area contributed by atoms with Crippen LogP contribution in [0.2, 0.25) is 0 Å². The van der Waals surface area contributed by atoms with Crippen molar-refractivity contribution >= 4 is 12.0 Å². The minimum absolute atomic E-state index is 0.107. The Morgan fingerprint density at radius 3 is 2.05 bits per heavy atom. The Balaban J connectivity index is 1.63. The molecule has 1 aliphatic carbocycles. The zero-order valence-electron chi connectivity index (χ0n) is 21.5. The molecule has 0 bridgehead atoms. The first-order valence-corrected chi connectivity index (χ1v) is 13.0. The van der Waals surface area contributed by atoms with Crippen molar-refractivity contribution in [2.24, 2.45) is 11.8 Å². The Hall–Kier alpha value is -2.50. The van der Waals surface area contributed by atoms with Gasteiger partial charge in [-0.2, -0.15) is 26.3 Å². The first-order chi connectivity index (χ1) is 17.7. The molecule has 6 nitrogen and oxygen atoms in total. The summed E-state index contributed by atoms with van der Waals surface area (Å²) in [7, 11) is 0. The van der Waals surface area contributed by atoms with Crippen LogP contribution in [0.1, 0.15) is 69.1 Å². The number of carbonyl (C=O) groups excluding carboxylic acids is 1. The maximum absolute atomic E-state index is 13.4. The molecule has 1 aromatic rings. The van der Waals surface area contributed by atoms with E-state index in [-0.39, 0.29) is 48.1 Å². The topological polar surface area (TPSA) is 72.9 Å². The van der Waals surface area contributed by atoms with Crippen LogP contribution in [-0.4, -0.2) is 58.6 Å². The molecule has 2 atom stereocenters. The molecule has 1 aromatic carbocycles. The number of nitrogens with zero attached hydrogens (tertiary/aromatic N) is 2. The van der Waals surface area contributed by atoms with Gasteiger partial charge in [-0.1, -0.05) is 6.92 Å². The summed E-state index contributed by atoms with van der Waals surface area (Å²) in [6, 6.07) is 1.01. The molecule has 0 spiro atoms. The molecule has 214 valence electrons. The number of benzene rings is 1. The lowest BCUT2D eigenvalue weighted by Crippen LogP contribution is -2.48. The number of halogens is 6. The van der Waals surface area contributed by atoms with Crippen LogP contribution in [0.25, 0.3) is 0 Å². The number of carboxylic acid groups (broad SMARTS) is 1. The van der Waals surface area contributed by atoms with Crippen LogP contribution in [0.15, 0.2) is 18.2 Å². The highest BCUT2D eigenvalue weighted by Gasteiger charge is 2.39. The van der Waals surface area contributed by atoms with Crippen LogP contribution in [0.5, 0.6) is 0 Å². The average molecular weight is 552 g/mol. The first kappa shape index (κ1) is 30.0. The highest BCUT2D eigenvalue weighted by molar-refractivity contribution is 5.75. The van der Waals surface area contributed by atoms with Gasteiger partial charge in [0.05, 0.1) is 17.0 Å². The van der Waals surface area contributed by atoms with Gasteiger partial charge in [0.15, 0.2) is 0 Å². The number of urea groups is 1. The number of hydrogen-bond acceptors (Lipinski definition) is 3. The van der Waals surface area contributed by atoms with Crippen molar-refractivity contribution in [3.05, 3.63) is 34.9 Å². The first-order valence-electron chi connectivity index (χ1n) is 13.0. The second-order valence-corrected chi connectivity index (χ2v) is 10.3. The normalized spacial score (nSPS) is 24.5. The van der Waals surface area contributed by atoms with E-state index in [1.54, 1.807) is 9.80 Å². The molecular weight excluding hydrogens is 516 g/mol. The predicted molar refractivity (Wildman–Crippen MR) is 128 cm³/mol. The molecular formula is C26H35F6N3O3. The Morgan fingerprint density at radius 1 is 1.00 bits per heavy atom. The van der Waals surface area contributed by atoms with E-state index in [0.29, 0.717) is 45.3 Å². The molecule has 1 aliphatic heterocycles. The monoisotopic (exact) mass is 551 g/mol. The van der Waals surface area contributed by atoms with Crippen molar-refractivity contribution in [2.75, 3.05) is 19.6 Å². The minimum atomic E-state index is -4.91. The molecule has 0 radical (unpaired) electrons. The average Bonchev–Trinajstić information content (AvgIpc) is 3.28. The molecule has 1 heterocycles. The van der Waals surface area contributed by atoms with E-state index in [9.17, 15) is 41.0 Å². The van der Waals surface area contributed by atoms with Crippen LogP contribution in [0.4, 0.5) is 31.1 Å². The van der Waals surface area contributed by atoms with Gasteiger partial charge in [0.2, 0.25) is 0 Å². The quantitative estimate of drug-likeness (QED) is 0.389. The number of alkyl halides is 6. The molecule has 0 unspecified atom stereocenters. The molecule has 1 saturated carbocycles. The second kappa shape index (κ2) is 12.1. The number of likely N-dealkylation sites (tertiary alicyclic amines) is 1. The smallest absolute Gasteiger partial charge is 0.416 e. The Morgan fingerprint density at radius 2 is 1.58 bits per heavy atom. The summed E-state index contributed by atoms with van der Waals surface area (Å²) in [5.41, 5.74) is -2.83. The lowest BCUT2D eigenvalue weighted by atomic mass is 9.82. The Bertz CT molecular complexity index is 944. The number of amides is 2. The highest BCUT2D eigenvalue weighted by Crippen LogP contribution is 2.36. The standard InChI is InChI=1S/C26H35F6N3O3/c1-3-22-12-21(33-13-17-9-19(25(27,28)29)11-20(10-17)26(30,31)32)15-35(22)24(38)34(4-2)14-16-5-7-18(8-6-16)23(36)37/h9-11,16,18,21-22,33H,3-8,12-15H2,1-2H3,(H,36,37)/t16?,18?,21-,22+/m0/s1. The number of rotatable bonds is 8. The van der Waals surface area contributed by atoms with E-state index in [0.717, 1.165) is 25.0 Å². The molecule has 3 rings (SSSR count). The number of nitrogens with one attached hydrogen (secondary N) is 1. The predicted octanol–water partition coefficient (Wildman–Crippen LogP) is 6.00. The van der Waals surface area contributed by atoms with Crippen molar-refractivity contribution in [1.82, 2.24) is 15.1 Å². The second-order valence-electron chi connectivity index (χ2n) is 10.3. The molecule has 2 N–H and O–H groups in total. The number of carboxylic acids is 1. The summed E-state index contributed by atoms with van der Waals surface area (Å²) < 4.78 is 79.1. The zero-order valence-corrected chi connectivity index (χ0v) is 21.5. The van der Waals surface area contributed by atoms with Gasteiger partial charge >= 0.3 is 24.4 Å². The van der Waals surface area contributed by atoms with Crippen molar-refractivity contribution in [2.45, 2.75) is 83.4 Å².